The number of nitrogens with zero attached hydrogens (tertiary/aromatic N) is 1. The highest BCUT2D eigenvalue weighted by Crippen LogP contribution is 2.25. The van der Waals surface area contributed by atoms with E-state index in [1.165, 1.54) is 22.7 Å². The van der Waals surface area contributed by atoms with Gasteiger partial charge in [0.05, 0.1) is 18.5 Å². The third-order valence-electron chi connectivity index (χ3n) is 2.90. The highest BCUT2D eigenvalue weighted by molar-refractivity contribution is 7.89. The number of hydrogen-bond acceptors (Lipinski definition) is 4. The van der Waals surface area contributed by atoms with Crippen molar-refractivity contribution in [3.63, 3.8) is 0 Å². The molecule has 2 aromatic rings. The maximum Gasteiger partial charge on any atom is 0.245 e. The smallest absolute Gasteiger partial charge is 0.245 e. The normalized spacial score (nSPS) is 11.9. The van der Waals surface area contributed by atoms with Gasteiger partial charge in [-0.25, -0.2) is 12.8 Å². The van der Waals surface area contributed by atoms with Crippen molar-refractivity contribution in [3.8, 4) is 0 Å². The van der Waals surface area contributed by atoms with Gasteiger partial charge >= 0.3 is 0 Å². The van der Waals surface area contributed by atoms with Crippen molar-refractivity contribution in [1.82, 2.24) is 4.31 Å². The maximum absolute atomic E-state index is 13.4. The summed E-state index contributed by atoms with van der Waals surface area (Å²) in [6.45, 7) is 1.98. The SMILES string of the molecule is CCN(Cc1ccco1)S(=O)(=O)c1cccc(F)c1N. The molecule has 0 spiro atoms. The molecule has 0 unspecified atom stereocenters. The van der Waals surface area contributed by atoms with Crippen LogP contribution in [-0.2, 0) is 16.6 Å². The molecule has 0 saturated carbocycles. The summed E-state index contributed by atoms with van der Waals surface area (Å²) >= 11 is 0. The van der Waals surface area contributed by atoms with Crippen LogP contribution in [0.1, 0.15) is 12.7 Å². The van der Waals surface area contributed by atoms with E-state index < -0.39 is 15.8 Å². The second kappa shape index (κ2) is 5.64. The lowest BCUT2D eigenvalue weighted by atomic mass is 10.3. The number of para-hydroxylation sites is 1. The number of hydrogen-bond donors (Lipinski definition) is 1. The number of anilines is 1. The molecule has 2 N–H and O–H groups in total. The Labute approximate surface area is 116 Å². The zero-order chi connectivity index (χ0) is 14.8. The Hall–Kier alpha value is -1.86. The average Bonchev–Trinajstić information content (AvgIpc) is 2.91. The van der Waals surface area contributed by atoms with Gasteiger partial charge in [0, 0.05) is 6.54 Å². The van der Waals surface area contributed by atoms with Gasteiger partial charge < -0.3 is 10.2 Å². The number of benzene rings is 1. The van der Waals surface area contributed by atoms with Crippen LogP contribution in [0.5, 0.6) is 0 Å². The molecule has 2 rings (SSSR count). The lowest BCUT2D eigenvalue weighted by molar-refractivity contribution is 0.375. The number of furan rings is 1. The van der Waals surface area contributed by atoms with Crippen LogP contribution in [0.25, 0.3) is 0 Å². The number of halogens is 1. The number of rotatable bonds is 5. The van der Waals surface area contributed by atoms with E-state index in [1.807, 2.05) is 0 Å². The molecule has 0 aliphatic rings. The van der Waals surface area contributed by atoms with Gasteiger partial charge in [-0.15, -0.1) is 0 Å². The van der Waals surface area contributed by atoms with E-state index >= 15 is 0 Å². The summed E-state index contributed by atoms with van der Waals surface area (Å²) in [6.07, 6.45) is 1.46. The second-order valence-electron chi connectivity index (χ2n) is 4.16. The highest BCUT2D eigenvalue weighted by Gasteiger charge is 2.27. The fourth-order valence-corrected chi connectivity index (χ4v) is 3.37. The molecule has 0 amide bonds. The molecule has 0 aliphatic carbocycles. The second-order valence-corrected chi connectivity index (χ2v) is 6.07. The van der Waals surface area contributed by atoms with Crippen LogP contribution in [-0.4, -0.2) is 19.3 Å². The van der Waals surface area contributed by atoms with E-state index in [-0.39, 0.29) is 23.7 Å². The average molecular weight is 298 g/mol. The van der Waals surface area contributed by atoms with Gasteiger partial charge in [0.1, 0.15) is 16.5 Å². The van der Waals surface area contributed by atoms with Crippen molar-refractivity contribution in [2.45, 2.75) is 18.4 Å². The topological polar surface area (TPSA) is 76.5 Å². The van der Waals surface area contributed by atoms with Crippen LogP contribution >= 0.6 is 0 Å². The van der Waals surface area contributed by atoms with Gasteiger partial charge in [0.2, 0.25) is 10.0 Å². The van der Waals surface area contributed by atoms with Crippen LogP contribution in [0.2, 0.25) is 0 Å². The Bertz CT molecular complexity index is 684. The van der Waals surface area contributed by atoms with Gasteiger partial charge in [-0.2, -0.15) is 4.31 Å². The van der Waals surface area contributed by atoms with Crippen molar-refractivity contribution in [2.75, 3.05) is 12.3 Å². The highest BCUT2D eigenvalue weighted by atomic mass is 32.2. The van der Waals surface area contributed by atoms with Crippen molar-refractivity contribution in [2.24, 2.45) is 0 Å². The molecule has 0 bridgehead atoms. The van der Waals surface area contributed by atoms with E-state index in [9.17, 15) is 12.8 Å². The Morgan fingerprint density at radius 3 is 2.65 bits per heavy atom. The summed E-state index contributed by atoms with van der Waals surface area (Å²) in [6, 6.07) is 7.08. The minimum atomic E-state index is -3.87. The van der Waals surface area contributed by atoms with Gasteiger partial charge in [0.25, 0.3) is 0 Å². The predicted molar refractivity (Wildman–Crippen MR) is 72.8 cm³/mol. The molecule has 20 heavy (non-hydrogen) atoms. The maximum atomic E-state index is 13.4. The Morgan fingerprint density at radius 1 is 1.30 bits per heavy atom. The monoisotopic (exact) mass is 298 g/mol. The molecular formula is C13H15FN2O3S. The zero-order valence-corrected chi connectivity index (χ0v) is 11.7. The zero-order valence-electron chi connectivity index (χ0n) is 10.9. The molecule has 0 fully saturated rings. The molecule has 0 saturated heterocycles. The number of sulfonamides is 1. The minimum absolute atomic E-state index is 0.0712. The van der Waals surface area contributed by atoms with Crippen LogP contribution in [0.4, 0.5) is 10.1 Å². The first-order chi connectivity index (χ1) is 9.46. The molecule has 0 aliphatic heterocycles. The summed E-state index contributed by atoms with van der Waals surface area (Å²) < 4.78 is 44.7. The summed E-state index contributed by atoms with van der Waals surface area (Å²) in [7, 11) is -3.87. The third-order valence-corrected chi connectivity index (χ3v) is 4.87. The molecule has 1 aromatic carbocycles. The van der Waals surface area contributed by atoms with Crippen molar-refractivity contribution < 1.29 is 17.2 Å². The van der Waals surface area contributed by atoms with Crippen LogP contribution < -0.4 is 5.73 Å². The van der Waals surface area contributed by atoms with E-state index in [2.05, 4.69) is 0 Å². The van der Waals surface area contributed by atoms with E-state index in [4.69, 9.17) is 10.2 Å². The fourth-order valence-electron chi connectivity index (χ4n) is 1.82. The Kier molecular flexibility index (Phi) is 4.10. The van der Waals surface area contributed by atoms with Crippen molar-refractivity contribution in [1.29, 1.82) is 0 Å². The molecule has 0 radical (unpaired) electrons. The standard InChI is InChI=1S/C13H15FN2O3S/c1-2-16(9-10-5-4-8-19-10)20(17,18)12-7-3-6-11(14)13(12)15/h3-8H,2,9,15H2,1H3. The summed E-state index contributed by atoms with van der Waals surface area (Å²) in [5, 5.41) is 0. The minimum Gasteiger partial charge on any atom is -0.468 e. The van der Waals surface area contributed by atoms with Gasteiger partial charge in [-0.05, 0) is 24.3 Å². The largest absolute Gasteiger partial charge is 0.468 e. The first-order valence-electron chi connectivity index (χ1n) is 6.03. The first kappa shape index (κ1) is 14.5. The lowest BCUT2D eigenvalue weighted by Gasteiger charge is -2.20. The van der Waals surface area contributed by atoms with E-state index in [1.54, 1.807) is 19.1 Å². The van der Waals surface area contributed by atoms with E-state index in [0.29, 0.717) is 5.76 Å². The molecule has 7 heteroatoms. The Balaban J connectivity index is 2.39. The van der Waals surface area contributed by atoms with Crippen molar-refractivity contribution in [3.05, 3.63) is 48.2 Å². The van der Waals surface area contributed by atoms with Gasteiger partial charge in [0.15, 0.2) is 0 Å². The summed E-state index contributed by atoms with van der Waals surface area (Å²) in [4.78, 5) is -0.231. The predicted octanol–water partition coefficient (Wildman–Crippen LogP) is 2.21. The fraction of sp³-hybridized carbons (Fsp3) is 0.231. The molecule has 1 heterocycles. The Morgan fingerprint density at radius 2 is 2.05 bits per heavy atom. The van der Waals surface area contributed by atoms with Crippen molar-refractivity contribution >= 4 is 15.7 Å². The quantitative estimate of drug-likeness (QED) is 0.859. The molecule has 1 aromatic heterocycles. The van der Waals surface area contributed by atoms with Crippen LogP contribution in [0, 0.1) is 5.82 Å². The van der Waals surface area contributed by atoms with Crippen LogP contribution in [0.15, 0.2) is 45.9 Å². The number of nitrogens with two attached hydrogens (primary N) is 1. The number of nitrogen functional groups attached to an aromatic ring is 1. The molecule has 108 valence electrons. The summed E-state index contributed by atoms with van der Waals surface area (Å²) in [5.74, 6) is -0.245. The molecular weight excluding hydrogens is 283 g/mol. The lowest BCUT2D eigenvalue weighted by Crippen LogP contribution is -2.31. The third kappa shape index (κ3) is 2.68. The molecule has 5 nitrogen and oxygen atoms in total. The first-order valence-corrected chi connectivity index (χ1v) is 7.47. The van der Waals surface area contributed by atoms with Gasteiger partial charge in [-0.1, -0.05) is 13.0 Å². The van der Waals surface area contributed by atoms with E-state index in [0.717, 1.165) is 6.07 Å². The van der Waals surface area contributed by atoms with Crippen LogP contribution in [0.3, 0.4) is 0 Å². The molecule has 0 atom stereocenters. The summed E-state index contributed by atoms with van der Waals surface area (Å²) in [5.41, 5.74) is 5.16. The van der Waals surface area contributed by atoms with Gasteiger partial charge in [-0.3, -0.25) is 0 Å².